The molecule has 2 aromatic heterocycles. The molecule has 0 aliphatic rings. The van der Waals surface area contributed by atoms with Gasteiger partial charge in [-0.3, -0.25) is 14.6 Å². The Morgan fingerprint density at radius 2 is 1.85 bits per heavy atom. The average Bonchev–Trinajstić information content (AvgIpc) is 3.17. The lowest BCUT2D eigenvalue weighted by molar-refractivity contribution is -0.0429. The molecule has 0 atom stereocenters. The number of methoxy groups -OCH3 is 1. The summed E-state index contributed by atoms with van der Waals surface area (Å²) in [5.41, 5.74) is 0.599. The maximum Gasteiger partial charge on any atom is 0.516 e. The summed E-state index contributed by atoms with van der Waals surface area (Å²) in [7, 11) is -4.04. The highest BCUT2D eigenvalue weighted by Crippen LogP contribution is 2.31. The first kappa shape index (κ1) is 24.8. The number of alkyl halides is 3. The third-order valence-corrected chi connectivity index (χ3v) is 5.38. The van der Waals surface area contributed by atoms with Crippen LogP contribution in [0.4, 0.5) is 30.4 Å². The number of aromatic nitrogens is 3. The highest BCUT2D eigenvalue weighted by Gasteiger charge is 2.46. The van der Waals surface area contributed by atoms with E-state index in [1.54, 1.807) is 12.1 Å². The van der Waals surface area contributed by atoms with Crippen molar-refractivity contribution in [1.29, 1.82) is 0 Å². The minimum absolute atomic E-state index is 0.0257. The van der Waals surface area contributed by atoms with Crippen LogP contribution in [0.25, 0.3) is 11.3 Å². The zero-order chi connectivity index (χ0) is 24.9. The van der Waals surface area contributed by atoms with Gasteiger partial charge in [-0.15, -0.1) is 0 Å². The van der Waals surface area contributed by atoms with Crippen LogP contribution < -0.4 is 20.5 Å². The van der Waals surface area contributed by atoms with Gasteiger partial charge in [0, 0.05) is 36.3 Å². The number of ether oxygens (including phenoxy) is 2. The molecule has 0 saturated heterocycles. The normalized spacial score (nSPS) is 11.8. The second-order valence-electron chi connectivity index (χ2n) is 6.66. The molecule has 0 spiro atoms. The summed E-state index contributed by atoms with van der Waals surface area (Å²) < 4.78 is 71.9. The summed E-state index contributed by atoms with van der Waals surface area (Å²) in [4.78, 5) is 16.2. The van der Waals surface area contributed by atoms with E-state index in [0.29, 0.717) is 23.7 Å². The standard InChI is InChI=1S/C19H19F3N6O5S/c1-32-8-9-33-14-10-13(6-7-24-14)25-18-15(17(23)29)16(26-27-18)11-2-4-12(5-3-11)28-34(30,31)19(20,21)22/h2-7,10,28H,8-9H2,1H3,(H2,23,29)(H2,24,25,26,27). The number of rotatable bonds is 10. The molecule has 0 radical (unpaired) electrons. The van der Waals surface area contributed by atoms with Gasteiger partial charge in [0.2, 0.25) is 5.88 Å². The molecule has 1 amide bonds. The number of primary amides is 1. The Balaban J connectivity index is 1.83. The van der Waals surface area contributed by atoms with E-state index in [4.69, 9.17) is 15.2 Å². The van der Waals surface area contributed by atoms with Gasteiger partial charge in [-0.2, -0.15) is 26.7 Å². The Morgan fingerprint density at radius 1 is 1.15 bits per heavy atom. The second kappa shape index (κ2) is 9.96. The lowest BCUT2D eigenvalue weighted by Gasteiger charge is -2.11. The number of nitrogens with one attached hydrogen (secondary N) is 3. The Kier molecular flexibility index (Phi) is 7.26. The van der Waals surface area contributed by atoms with E-state index in [1.165, 1.54) is 30.2 Å². The molecular weight excluding hydrogens is 481 g/mol. The molecule has 182 valence electrons. The summed E-state index contributed by atoms with van der Waals surface area (Å²) in [5, 5.41) is 9.65. The number of halogens is 3. The summed E-state index contributed by atoms with van der Waals surface area (Å²) in [5.74, 6) is -0.378. The Labute approximate surface area is 191 Å². The molecule has 11 nitrogen and oxygen atoms in total. The highest BCUT2D eigenvalue weighted by atomic mass is 32.2. The lowest BCUT2D eigenvalue weighted by Crippen LogP contribution is -2.29. The van der Waals surface area contributed by atoms with E-state index in [2.05, 4.69) is 20.5 Å². The minimum Gasteiger partial charge on any atom is -0.475 e. The van der Waals surface area contributed by atoms with Gasteiger partial charge < -0.3 is 20.5 Å². The predicted molar refractivity (Wildman–Crippen MR) is 116 cm³/mol. The van der Waals surface area contributed by atoms with Gasteiger partial charge in [0.25, 0.3) is 5.91 Å². The van der Waals surface area contributed by atoms with Crippen LogP contribution in [0.2, 0.25) is 0 Å². The molecule has 3 rings (SSSR count). The molecule has 0 aliphatic carbocycles. The second-order valence-corrected chi connectivity index (χ2v) is 8.34. The number of carbonyl (C=O) groups is 1. The molecule has 15 heteroatoms. The van der Waals surface area contributed by atoms with Gasteiger partial charge in [0.05, 0.1) is 6.61 Å². The van der Waals surface area contributed by atoms with Crippen LogP contribution in [0.1, 0.15) is 10.4 Å². The van der Waals surface area contributed by atoms with Crippen molar-refractivity contribution in [3.63, 3.8) is 0 Å². The van der Waals surface area contributed by atoms with Crippen molar-refractivity contribution >= 4 is 33.1 Å². The number of carbonyl (C=O) groups excluding carboxylic acids is 1. The first-order chi connectivity index (χ1) is 16.0. The maximum absolute atomic E-state index is 12.5. The molecule has 0 unspecified atom stereocenters. The van der Waals surface area contributed by atoms with E-state index < -0.39 is 21.4 Å². The van der Waals surface area contributed by atoms with Crippen molar-refractivity contribution in [2.45, 2.75) is 5.51 Å². The molecule has 34 heavy (non-hydrogen) atoms. The third kappa shape index (κ3) is 5.74. The zero-order valence-electron chi connectivity index (χ0n) is 17.5. The van der Waals surface area contributed by atoms with Crippen LogP contribution >= 0.6 is 0 Å². The number of nitrogens with zero attached hydrogens (tertiary/aromatic N) is 2. The average molecular weight is 500 g/mol. The van der Waals surface area contributed by atoms with Crippen LogP contribution in [0.5, 0.6) is 5.88 Å². The van der Waals surface area contributed by atoms with Crippen molar-refractivity contribution < 1.29 is 35.9 Å². The smallest absolute Gasteiger partial charge is 0.475 e. The predicted octanol–water partition coefficient (Wildman–Crippen LogP) is 2.60. The van der Waals surface area contributed by atoms with Crippen LogP contribution in [0, 0.1) is 0 Å². The highest BCUT2D eigenvalue weighted by molar-refractivity contribution is 7.93. The van der Waals surface area contributed by atoms with Gasteiger partial charge in [-0.1, -0.05) is 12.1 Å². The lowest BCUT2D eigenvalue weighted by atomic mass is 10.1. The number of sulfonamides is 1. The maximum atomic E-state index is 12.5. The van der Waals surface area contributed by atoms with Crippen LogP contribution in [-0.2, 0) is 14.8 Å². The van der Waals surface area contributed by atoms with Crippen molar-refractivity contribution in [3.8, 4) is 17.1 Å². The number of anilines is 3. The number of amides is 1. The third-order valence-electron chi connectivity index (χ3n) is 4.27. The molecule has 0 bridgehead atoms. The summed E-state index contributed by atoms with van der Waals surface area (Å²) in [6.07, 6.45) is 1.48. The Bertz CT molecular complexity index is 1260. The van der Waals surface area contributed by atoms with E-state index in [9.17, 15) is 26.4 Å². The Hall–Kier alpha value is -3.85. The SMILES string of the molecule is COCCOc1cc(Nc2[nH]nc(-c3ccc(NS(=O)(=O)C(F)(F)F)cc3)c2C(N)=O)ccn1. The fraction of sp³-hybridized carbons (Fsp3) is 0.211. The van der Waals surface area contributed by atoms with Crippen molar-refractivity contribution in [2.75, 3.05) is 30.4 Å². The zero-order valence-corrected chi connectivity index (χ0v) is 18.3. The van der Waals surface area contributed by atoms with Crippen LogP contribution in [0.15, 0.2) is 42.6 Å². The topological polar surface area (TPSA) is 161 Å². The molecule has 2 heterocycles. The summed E-state index contributed by atoms with van der Waals surface area (Å²) in [6.45, 7) is 0.647. The molecule has 5 N–H and O–H groups in total. The molecule has 0 saturated carbocycles. The first-order valence-electron chi connectivity index (χ1n) is 9.44. The minimum atomic E-state index is -5.57. The summed E-state index contributed by atoms with van der Waals surface area (Å²) >= 11 is 0. The fourth-order valence-electron chi connectivity index (χ4n) is 2.73. The van der Waals surface area contributed by atoms with Crippen molar-refractivity contribution in [2.24, 2.45) is 5.73 Å². The van der Waals surface area contributed by atoms with Gasteiger partial charge in [-0.25, -0.2) is 4.98 Å². The quantitative estimate of drug-likeness (QED) is 0.309. The first-order valence-corrected chi connectivity index (χ1v) is 10.9. The van der Waals surface area contributed by atoms with E-state index in [1.807, 2.05) is 0 Å². The molecule has 0 aliphatic heterocycles. The van der Waals surface area contributed by atoms with Gasteiger partial charge >= 0.3 is 15.5 Å². The Morgan fingerprint density at radius 3 is 2.47 bits per heavy atom. The van der Waals surface area contributed by atoms with Crippen molar-refractivity contribution in [3.05, 3.63) is 48.2 Å². The van der Waals surface area contributed by atoms with E-state index >= 15 is 0 Å². The van der Waals surface area contributed by atoms with Crippen LogP contribution in [-0.4, -0.2) is 55.3 Å². The number of nitrogens with two attached hydrogens (primary N) is 1. The van der Waals surface area contributed by atoms with Gasteiger partial charge in [-0.05, 0) is 18.2 Å². The fourth-order valence-corrected chi connectivity index (χ4v) is 3.29. The number of benzene rings is 1. The number of pyridine rings is 1. The van der Waals surface area contributed by atoms with Crippen LogP contribution in [0.3, 0.4) is 0 Å². The van der Waals surface area contributed by atoms with E-state index in [0.717, 1.165) is 12.1 Å². The van der Waals surface area contributed by atoms with Crippen molar-refractivity contribution in [1.82, 2.24) is 15.2 Å². The monoisotopic (exact) mass is 500 g/mol. The number of aromatic amines is 1. The molecule has 1 aromatic carbocycles. The molecular formula is C19H19F3N6O5S. The molecule has 0 fully saturated rings. The van der Waals surface area contributed by atoms with Gasteiger partial charge in [0.1, 0.15) is 23.7 Å². The molecule has 3 aromatic rings. The largest absolute Gasteiger partial charge is 0.516 e. The number of hydrogen-bond donors (Lipinski definition) is 4. The van der Waals surface area contributed by atoms with E-state index in [-0.39, 0.29) is 29.4 Å². The number of H-pyrrole nitrogens is 1. The number of hydrogen-bond acceptors (Lipinski definition) is 8. The van der Waals surface area contributed by atoms with Gasteiger partial charge in [0.15, 0.2) is 0 Å². The summed E-state index contributed by atoms with van der Waals surface area (Å²) in [6, 6.07) is 7.94.